The minimum Gasteiger partial charge on any atom is -0.339 e. The molecule has 1 N–H and O–H groups in total. The molecule has 0 radical (unpaired) electrons. The average molecular weight is 426 g/mol. The number of hydrogen-bond donors (Lipinski definition) is 1. The smallest absolute Gasteiger partial charge is 0.255 e. The molecule has 0 bridgehead atoms. The third kappa shape index (κ3) is 3.65. The van der Waals surface area contributed by atoms with Crippen molar-refractivity contribution >= 4 is 21.9 Å². The molecule has 1 unspecified atom stereocenters. The van der Waals surface area contributed by atoms with Gasteiger partial charge in [0.2, 0.25) is 5.95 Å². The molecule has 0 amide bonds. The lowest BCUT2D eigenvalue weighted by Gasteiger charge is -2.35. The Morgan fingerprint density at radius 2 is 1.96 bits per heavy atom. The first-order valence-electron chi connectivity index (χ1n) is 8.85. The van der Waals surface area contributed by atoms with E-state index in [0.29, 0.717) is 11.6 Å². The van der Waals surface area contributed by atoms with Gasteiger partial charge in [-0.1, -0.05) is 34.1 Å². The lowest BCUT2D eigenvalue weighted by molar-refractivity contribution is 0.461. The summed E-state index contributed by atoms with van der Waals surface area (Å²) in [5, 5.41) is 3.56. The quantitative estimate of drug-likeness (QED) is 0.698. The molecule has 1 aliphatic heterocycles. The van der Waals surface area contributed by atoms with Gasteiger partial charge in [-0.3, -0.25) is 14.3 Å². The fraction of sp³-hybridized carbons (Fsp3) is 0.250. The van der Waals surface area contributed by atoms with E-state index in [2.05, 4.69) is 37.2 Å². The van der Waals surface area contributed by atoms with E-state index in [9.17, 15) is 4.79 Å². The molecule has 0 aliphatic carbocycles. The summed E-state index contributed by atoms with van der Waals surface area (Å²) in [5.41, 5.74) is 2.70. The Balaban J connectivity index is 1.69. The largest absolute Gasteiger partial charge is 0.339 e. The highest BCUT2D eigenvalue weighted by Crippen LogP contribution is 2.27. The molecule has 0 spiro atoms. The van der Waals surface area contributed by atoms with Crippen molar-refractivity contribution in [3.63, 3.8) is 0 Å². The molecule has 1 aromatic carbocycles. The summed E-state index contributed by atoms with van der Waals surface area (Å²) in [6, 6.07) is 13.7. The summed E-state index contributed by atoms with van der Waals surface area (Å²) in [4.78, 5) is 23.6. The normalized spacial score (nSPS) is 17.1. The molecule has 4 rings (SSSR count). The predicted octanol–water partition coefficient (Wildman–Crippen LogP) is 2.76. The summed E-state index contributed by atoms with van der Waals surface area (Å²) in [6.45, 7) is 2.35. The van der Waals surface area contributed by atoms with Gasteiger partial charge in [-0.05, 0) is 23.8 Å². The minimum absolute atomic E-state index is 0.0669. The summed E-state index contributed by atoms with van der Waals surface area (Å²) in [6.07, 6.45) is 3.42. The Morgan fingerprint density at radius 3 is 2.74 bits per heavy atom. The highest BCUT2D eigenvalue weighted by atomic mass is 79.9. The second-order valence-corrected chi connectivity index (χ2v) is 7.40. The van der Waals surface area contributed by atoms with Crippen LogP contribution >= 0.6 is 15.9 Å². The number of piperazine rings is 1. The zero-order valence-corrected chi connectivity index (χ0v) is 16.6. The topological polar surface area (TPSA) is 63.1 Å². The van der Waals surface area contributed by atoms with Crippen molar-refractivity contribution in [2.24, 2.45) is 7.05 Å². The van der Waals surface area contributed by atoms with Gasteiger partial charge in [-0.25, -0.2) is 4.98 Å². The van der Waals surface area contributed by atoms with Gasteiger partial charge in [0.1, 0.15) is 0 Å². The SMILES string of the molecule is Cn1c(N2CCNC(c3ccccc3Br)C2)nc(-c2ccncc2)cc1=O. The second kappa shape index (κ2) is 7.62. The number of aromatic nitrogens is 3. The van der Waals surface area contributed by atoms with Gasteiger partial charge in [-0.15, -0.1) is 0 Å². The number of pyridine rings is 1. The minimum atomic E-state index is -0.0669. The van der Waals surface area contributed by atoms with Crippen molar-refractivity contribution in [2.75, 3.05) is 24.5 Å². The van der Waals surface area contributed by atoms with Crippen LogP contribution in [0.3, 0.4) is 0 Å². The molecule has 3 heterocycles. The third-order valence-corrected chi connectivity index (χ3v) is 5.55. The van der Waals surface area contributed by atoms with E-state index in [1.807, 2.05) is 30.3 Å². The number of benzene rings is 1. The van der Waals surface area contributed by atoms with Gasteiger partial charge in [0.15, 0.2) is 0 Å². The van der Waals surface area contributed by atoms with Crippen molar-refractivity contribution in [2.45, 2.75) is 6.04 Å². The van der Waals surface area contributed by atoms with Gasteiger partial charge in [0.25, 0.3) is 5.56 Å². The van der Waals surface area contributed by atoms with Crippen LogP contribution in [0.15, 0.2) is 64.1 Å². The van der Waals surface area contributed by atoms with Crippen LogP contribution in [0.5, 0.6) is 0 Å². The molecule has 7 heteroatoms. The Labute approximate surface area is 166 Å². The number of anilines is 1. The molecule has 1 atom stereocenters. The maximum Gasteiger partial charge on any atom is 0.255 e. The fourth-order valence-electron chi connectivity index (χ4n) is 3.38. The Kier molecular flexibility index (Phi) is 5.05. The lowest BCUT2D eigenvalue weighted by atomic mass is 10.0. The van der Waals surface area contributed by atoms with Crippen molar-refractivity contribution in [1.29, 1.82) is 0 Å². The monoisotopic (exact) mass is 425 g/mol. The Bertz CT molecular complexity index is 1000. The van der Waals surface area contributed by atoms with Crippen molar-refractivity contribution in [1.82, 2.24) is 19.9 Å². The molecular weight excluding hydrogens is 406 g/mol. The van der Waals surface area contributed by atoms with Gasteiger partial charge >= 0.3 is 0 Å². The van der Waals surface area contributed by atoms with E-state index in [4.69, 9.17) is 4.98 Å². The van der Waals surface area contributed by atoms with Gasteiger partial charge in [0, 0.05) is 55.2 Å². The molecule has 1 aliphatic rings. The van der Waals surface area contributed by atoms with E-state index in [1.54, 1.807) is 30.1 Å². The number of halogens is 1. The second-order valence-electron chi connectivity index (χ2n) is 6.55. The van der Waals surface area contributed by atoms with Crippen molar-refractivity contribution in [3.8, 4) is 11.3 Å². The first-order chi connectivity index (χ1) is 13.1. The Morgan fingerprint density at radius 1 is 1.19 bits per heavy atom. The van der Waals surface area contributed by atoms with Crippen LogP contribution in [-0.4, -0.2) is 34.2 Å². The number of nitrogens with zero attached hydrogens (tertiary/aromatic N) is 4. The van der Waals surface area contributed by atoms with Crippen LogP contribution in [0, 0.1) is 0 Å². The van der Waals surface area contributed by atoms with Crippen LogP contribution < -0.4 is 15.8 Å². The zero-order valence-electron chi connectivity index (χ0n) is 15.0. The van der Waals surface area contributed by atoms with Crippen LogP contribution in [0.1, 0.15) is 11.6 Å². The molecule has 3 aromatic rings. The zero-order chi connectivity index (χ0) is 18.8. The van der Waals surface area contributed by atoms with Gasteiger partial charge < -0.3 is 10.2 Å². The molecule has 1 fully saturated rings. The highest BCUT2D eigenvalue weighted by molar-refractivity contribution is 9.10. The van der Waals surface area contributed by atoms with Crippen molar-refractivity contribution < 1.29 is 0 Å². The lowest BCUT2D eigenvalue weighted by Crippen LogP contribution is -2.47. The molecule has 138 valence electrons. The molecule has 2 aromatic heterocycles. The van der Waals surface area contributed by atoms with E-state index in [0.717, 1.165) is 29.7 Å². The summed E-state index contributed by atoms with van der Waals surface area (Å²) in [5.74, 6) is 0.688. The van der Waals surface area contributed by atoms with Gasteiger partial charge in [-0.2, -0.15) is 0 Å². The average Bonchev–Trinajstić information content (AvgIpc) is 2.71. The third-order valence-electron chi connectivity index (χ3n) is 4.83. The molecular formula is C20H20BrN5O. The molecule has 6 nitrogen and oxygen atoms in total. The van der Waals surface area contributed by atoms with Crippen LogP contribution in [0.2, 0.25) is 0 Å². The van der Waals surface area contributed by atoms with Crippen molar-refractivity contribution in [3.05, 3.63) is 75.2 Å². The van der Waals surface area contributed by atoms with Crippen LogP contribution in [0.4, 0.5) is 5.95 Å². The summed E-state index contributed by atoms with van der Waals surface area (Å²) < 4.78 is 2.70. The molecule has 27 heavy (non-hydrogen) atoms. The standard InChI is InChI=1S/C20H20BrN5O/c1-25-19(27)12-17(14-6-8-22-9-7-14)24-20(25)26-11-10-23-18(13-26)15-4-2-3-5-16(15)21/h2-9,12,18,23H,10-11,13H2,1H3. The van der Waals surface area contributed by atoms with Gasteiger partial charge in [0.05, 0.1) is 11.7 Å². The van der Waals surface area contributed by atoms with Crippen LogP contribution in [0.25, 0.3) is 11.3 Å². The maximum atomic E-state index is 12.5. The highest BCUT2D eigenvalue weighted by Gasteiger charge is 2.25. The maximum absolute atomic E-state index is 12.5. The van der Waals surface area contributed by atoms with E-state index in [1.165, 1.54) is 5.56 Å². The number of nitrogens with one attached hydrogen (secondary N) is 1. The molecule has 0 saturated carbocycles. The molecule has 1 saturated heterocycles. The van der Waals surface area contributed by atoms with Crippen LogP contribution in [-0.2, 0) is 7.05 Å². The number of hydrogen-bond acceptors (Lipinski definition) is 5. The van der Waals surface area contributed by atoms with E-state index < -0.39 is 0 Å². The number of rotatable bonds is 3. The van der Waals surface area contributed by atoms with E-state index >= 15 is 0 Å². The Hall–Kier alpha value is -2.51. The predicted molar refractivity (Wildman–Crippen MR) is 110 cm³/mol. The van der Waals surface area contributed by atoms with E-state index in [-0.39, 0.29) is 11.6 Å². The first kappa shape index (κ1) is 17.9. The first-order valence-corrected chi connectivity index (χ1v) is 9.64. The fourth-order valence-corrected chi connectivity index (χ4v) is 3.94. The summed E-state index contributed by atoms with van der Waals surface area (Å²) in [7, 11) is 1.77. The summed E-state index contributed by atoms with van der Waals surface area (Å²) >= 11 is 3.64.